The first-order chi connectivity index (χ1) is 12.6. The van der Waals surface area contributed by atoms with Gasteiger partial charge in [-0.15, -0.1) is 24.0 Å². The van der Waals surface area contributed by atoms with Crippen molar-refractivity contribution in [1.29, 1.82) is 0 Å². The van der Waals surface area contributed by atoms with E-state index in [4.69, 9.17) is 4.74 Å². The molecule has 1 atom stereocenters. The molecule has 0 radical (unpaired) electrons. The molecule has 1 aromatic carbocycles. The van der Waals surface area contributed by atoms with Crippen LogP contribution in [0.25, 0.3) is 0 Å². The SMILES string of the molecule is CCCCCC(C)NC(=NCC(=O)NCc1ccc(OC)cc1)NCC.I. The molecule has 154 valence electrons. The van der Waals surface area contributed by atoms with E-state index in [0.717, 1.165) is 24.3 Å². The molecule has 0 aliphatic carbocycles. The van der Waals surface area contributed by atoms with Gasteiger partial charge >= 0.3 is 0 Å². The molecule has 0 aliphatic rings. The number of amides is 1. The second-order valence-electron chi connectivity index (χ2n) is 6.36. The van der Waals surface area contributed by atoms with Crippen LogP contribution in [0.3, 0.4) is 0 Å². The number of hydrogen-bond acceptors (Lipinski definition) is 3. The Morgan fingerprint density at radius 3 is 2.44 bits per heavy atom. The molecule has 1 aromatic rings. The van der Waals surface area contributed by atoms with Gasteiger partial charge in [0.25, 0.3) is 0 Å². The molecule has 3 N–H and O–H groups in total. The molecule has 0 aliphatic heterocycles. The Hall–Kier alpha value is -1.51. The highest BCUT2D eigenvalue weighted by Gasteiger charge is 2.06. The van der Waals surface area contributed by atoms with Gasteiger partial charge in [-0.25, -0.2) is 4.99 Å². The number of guanidine groups is 1. The molecule has 1 amide bonds. The van der Waals surface area contributed by atoms with Crippen molar-refractivity contribution in [1.82, 2.24) is 16.0 Å². The number of benzene rings is 1. The minimum Gasteiger partial charge on any atom is -0.497 e. The van der Waals surface area contributed by atoms with Crippen molar-refractivity contribution in [3.05, 3.63) is 29.8 Å². The topological polar surface area (TPSA) is 74.8 Å². The molecule has 27 heavy (non-hydrogen) atoms. The summed E-state index contributed by atoms with van der Waals surface area (Å²) >= 11 is 0. The van der Waals surface area contributed by atoms with Crippen LogP contribution in [0.4, 0.5) is 0 Å². The number of carbonyl (C=O) groups is 1. The van der Waals surface area contributed by atoms with Gasteiger partial charge in [0.05, 0.1) is 7.11 Å². The maximum Gasteiger partial charge on any atom is 0.242 e. The van der Waals surface area contributed by atoms with Gasteiger partial charge in [0.2, 0.25) is 5.91 Å². The standard InChI is InChI=1S/C20H34N4O2.HI/c1-5-7-8-9-16(3)24-20(21-6-2)23-15-19(25)22-14-17-10-12-18(26-4)13-11-17;/h10-13,16H,5-9,14-15H2,1-4H3,(H,22,25)(H2,21,23,24);1H. The molecule has 1 rings (SSSR count). The maximum atomic E-state index is 12.0. The largest absolute Gasteiger partial charge is 0.497 e. The predicted octanol–water partition coefficient (Wildman–Crippen LogP) is 3.45. The van der Waals surface area contributed by atoms with Gasteiger partial charge in [0.1, 0.15) is 12.3 Å². The highest BCUT2D eigenvalue weighted by molar-refractivity contribution is 14.0. The summed E-state index contributed by atoms with van der Waals surface area (Å²) in [6, 6.07) is 7.97. The number of carbonyl (C=O) groups excluding carboxylic acids is 1. The zero-order chi connectivity index (χ0) is 19.2. The van der Waals surface area contributed by atoms with Gasteiger partial charge in [0, 0.05) is 19.1 Å². The van der Waals surface area contributed by atoms with Gasteiger partial charge in [0.15, 0.2) is 5.96 Å². The fourth-order valence-electron chi connectivity index (χ4n) is 2.48. The molecule has 0 aromatic heterocycles. The van der Waals surface area contributed by atoms with E-state index in [1.807, 2.05) is 31.2 Å². The quantitative estimate of drug-likeness (QED) is 0.192. The van der Waals surface area contributed by atoms with Gasteiger partial charge in [-0.2, -0.15) is 0 Å². The number of nitrogens with zero attached hydrogens (tertiary/aromatic N) is 1. The van der Waals surface area contributed by atoms with Crippen LogP contribution in [0.1, 0.15) is 52.0 Å². The highest BCUT2D eigenvalue weighted by atomic mass is 127. The summed E-state index contributed by atoms with van der Waals surface area (Å²) in [5.41, 5.74) is 1.03. The van der Waals surface area contributed by atoms with Crippen molar-refractivity contribution in [2.75, 3.05) is 20.2 Å². The Morgan fingerprint density at radius 2 is 1.85 bits per heavy atom. The molecule has 6 nitrogen and oxygen atoms in total. The lowest BCUT2D eigenvalue weighted by Gasteiger charge is -2.17. The lowest BCUT2D eigenvalue weighted by molar-refractivity contribution is -0.119. The smallest absolute Gasteiger partial charge is 0.242 e. The Kier molecular flexibility index (Phi) is 14.7. The fraction of sp³-hybridized carbons (Fsp3) is 0.600. The molecule has 0 bridgehead atoms. The van der Waals surface area contributed by atoms with E-state index in [1.165, 1.54) is 19.3 Å². The first-order valence-corrected chi connectivity index (χ1v) is 9.53. The van der Waals surface area contributed by atoms with Crippen LogP contribution < -0.4 is 20.7 Å². The van der Waals surface area contributed by atoms with E-state index in [-0.39, 0.29) is 36.4 Å². The van der Waals surface area contributed by atoms with Crippen molar-refractivity contribution in [3.63, 3.8) is 0 Å². The van der Waals surface area contributed by atoms with Crippen LogP contribution in [0, 0.1) is 0 Å². The van der Waals surface area contributed by atoms with E-state index in [2.05, 4.69) is 34.8 Å². The van der Waals surface area contributed by atoms with E-state index in [9.17, 15) is 4.79 Å². The van der Waals surface area contributed by atoms with E-state index < -0.39 is 0 Å². The average molecular weight is 490 g/mol. The molecule has 0 saturated carbocycles. The molecule has 0 fully saturated rings. The minimum absolute atomic E-state index is 0. The van der Waals surface area contributed by atoms with Crippen molar-refractivity contribution in [2.45, 2.75) is 59.0 Å². The number of halogens is 1. The minimum atomic E-state index is -0.100. The number of nitrogens with one attached hydrogen (secondary N) is 3. The zero-order valence-electron chi connectivity index (χ0n) is 17.0. The van der Waals surface area contributed by atoms with Crippen molar-refractivity contribution in [3.8, 4) is 5.75 Å². The Morgan fingerprint density at radius 1 is 1.15 bits per heavy atom. The molecular weight excluding hydrogens is 455 g/mol. The Balaban J connectivity index is 0.00000676. The monoisotopic (exact) mass is 490 g/mol. The third-order valence-electron chi connectivity index (χ3n) is 4.00. The van der Waals surface area contributed by atoms with Crippen LogP contribution in [-0.2, 0) is 11.3 Å². The maximum absolute atomic E-state index is 12.0. The van der Waals surface area contributed by atoms with Crippen molar-refractivity contribution < 1.29 is 9.53 Å². The summed E-state index contributed by atoms with van der Waals surface area (Å²) in [7, 11) is 1.63. The summed E-state index contributed by atoms with van der Waals surface area (Å²) in [4.78, 5) is 16.4. The lowest BCUT2D eigenvalue weighted by Crippen LogP contribution is -2.43. The molecule has 0 spiro atoms. The van der Waals surface area contributed by atoms with Gasteiger partial charge < -0.3 is 20.7 Å². The van der Waals surface area contributed by atoms with Crippen LogP contribution in [0.5, 0.6) is 5.75 Å². The van der Waals surface area contributed by atoms with Gasteiger partial charge in [-0.3, -0.25) is 4.79 Å². The lowest BCUT2D eigenvalue weighted by atomic mass is 10.1. The third kappa shape index (κ3) is 11.7. The number of unbranched alkanes of at least 4 members (excludes halogenated alkanes) is 2. The van der Waals surface area contributed by atoms with Gasteiger partial charge in [-0.1, -0.05) is 38.3 Å². The summed E-state index contributed by atoms with van der Waals surface area (Å²) in [5, 5.41) is 9.44. The molecular formula is C20H35IN4O2. The van der Waals surface area contributed by atoms with Crippen molar-refractivity contribution >= 4 is 35.8 Å². The van der Waals surface area contributed by atoms with E-state index in [0.29, 0.717) is 18.5 Å². The normalized spacial score (nSPS) is 11.9. The summed E-state index contributed by atoms with van der Waals surface area (Å²) in [5.74, 6) is 1.40. The number of hydrogen-bond donors (Lipinski definition) is 3. The zero-order valence-corrected chi connectivity index (χ0v) is 19.3. The van der Waals surface area contributed by atoms with E-state index >= 15 is 0 Å². The van der Waals surface area contributed by atoms with Crippen molar-refractivity contribution in [2.24, 2.45) is 4.99 Å². The Bertz CT molecular complexity index is 549. The molecule has 1 unspecified atom stereocenters. The number of rotatable bonds is 11. The molecule has 7 heteroatoms. The second kappa shape index (κ2) is 15.5. The fourth-order valence-corrected chi connectivity index (χ4v) is 2.48. The second-order valence-corrected chi connectivity index (χ2v) is 6.36. The Labute approximate surface area is 181 Å². The predicted molar refractivity (Wildman–Crippen MR) is 123 cm³/mol. The number of ether oxygens (including phenoxy) is 1. The number of methoxy groups -OCH3 is 1. The summed E-state index contributed by atoms with van der Waals surface area (Å²) < 4.78 is 5.13. The van der Waals surface area contributed by atoms with Crippen LogP contribution in [0.2, 0.25) is 0 Å². The van der Waals surface area contributed by atoms with Gasteiger partial charge in [-0.05, 0) is 38.0 Å². The van der Waals surface area contributed by atoms with Crippen LogP contribution in [-0.4, -0.2) is 38.1 Å². The molecule has 0 heterocycles. The summed E-state index contributed by atoms with van der Waals surface area (Å²) in [6.07, 6.45) is 4.76. The summed E-state index contributed by atoms with van der Waals surface area (Å²) in [6.45, 7) is 7.72. The van der Waals surface area contributed by atoms with E-state index in [1.54, 1.807) is 7.11 Å². The first kappa shape index (κ1) is 25.5. The first-order valence-electron chi connectivity index (χ1n) is 9.53. The molecule has 0 saturated heterocycles. The average Bonchev–Trinajstić information content (AvgIpc) is 2.65. The highest BCUT2D eigenvalue weighted by Crippen LogP contribution is 2.10. The third-order valence-corrected chi connectivity index (χ3v) is 4.00. The van der Waals surface area contributed by atoms with Crippen LogP contribution >= 0.6 is 24.0 Å². The van der Waals surface area contributed by atoms with Crippen LogP contribution in [0.15, 0.2) is 29.3 Å². The number of aliphatic imine (C=N–C) groups is 1.